The number of hydrogen-bond donors (Lipinski definition) is 4. The number of aromatic nitrogens is 1. The van der Waals surface area contributed by atoms with Crippen molar-refractivity contribution >= 4 is 34.3 Å². The van der Waals surface area contributed by atoms with E-state index in [9.17, 15) is 4.79 Å². The molecular weight excluding hydrogens is 456 g/mol. The zero-order valence-corrected chi connectivity index (χ0v) is 21.4. The fourth-order valence-electron chi connectivity index (χ4n) is 4.42. The van der Waals surface area contributed by atoms with Gasteiger partial charge in [-0.2, -0.15) is 0 Å². The minimum Gasteiger partial charge on any atom is -0.370 e. The Kier molecular flexibility index (Phi) is 6.98. The second-order valence-electron chi connectivity index (χ2n) is 9.64. The van der Waals surface area contributed by atoms with E-state index < -0.39 is 5.54 Å². The Morgan fingerprint density at radius 3 is 2.40 bits per heavy atom. The SMILES string of the molecule is C=C(Nc1ccccc1N1CCC(NC)(C(N)=O)CC1)c1csc(-c2ccc(C(C)(C)N)cc2)n1. The minimum atomic E-state index is -0.641. The van der Waals surface area contributed by atoms with Crippen LogP contribution in [0.4, 0.5) is 11.4 Å². The fourth-order valence-corrected chi connectivity index (χ4v) is 5.26. The summed E-state index contributed by atoms with van der Waals surface area (Å²) in [5, 5.41) is 9.55. The summed E-state index contributed by atoms with van der Waals surface area (Å²) >= 11 is 1.59. The molecule has 1 aliphatic heterocycles. The van der Waals surface area contributed by atoms with Crippen molar-refractivity contribution < 1.29 is 4.79 Å². The highest BCUT2D eigenvalue weighted by Crippen LogP contribution is 2.34. The molecule has 1 aliphatic rings. The molecule has 184 valence electrons. The second kappa shape index (κ2) is 9.81. The lowest BCUT2D eigenvalue weighted by Gasteiger charge is -2.41. The van der Waals surface area contributed by atoms with Crippen LogP contribution in [0.3, 0.4) is 0 Å². The van der Waals surface area contributed by atoms with E-state index in [1.54, 1.807) is 18.4 Å². The molecule has 1 saturated heterocycles. The van der Waals surface area contributed by atoms with Crippen LogP contribution in [0.5, 0.6) is 0 Å². The van der Waals surface area contributed by atoms with Crippen LogP contribution in [0.15, 0.2) is 60.5 Å². The number of nitrogens with one attached hydrogen (secondary N) is 2. The molecule has 1 fully saturated rings. The molecule has 3 aromatic rings. The smallest absolute Gasteiger partial charge is 0.237 e. The highest BCUT2D eigenvalue weighted by atomic mass is 32.1. The highest BCUT2D eigenvalue weighted by molar-refractivity contribution is 7.13. The van der Waals surface area contributed by atoms with Gasteiger partial charge in [0.05, 0.1) is 22.8 Å². The van der Waals surface area contributed by atoms with E-state index in [1.807, 2.05) is 37.4 Å². The average molecular weight is 491 g/mol. The Morgan fingerprint density at radius 2 is 1.80 bits per heavy atom. The molecule has 2 aromatic carbocycles. The lowest BCUT2D eigenvalue weighted by atomic mass is 9.86. The number of primary amides is 1. The topological polar surface area (TPSA) is 109 Å². The number of benzene rings is 2. The van der Waals surface area contributed by atoms with E-state index in [1.165, 1.54) is 0 Å². The first-order chi connectivity index (χ1) is 16.6. The Morgan fingerprint density at radius 1 is 1.14 bits per heavy atom. The maximum atomic E-state index is 12.0. The van der Waals surface area contributed by atoms with Crippen LogP contribution < -0.4 is 27.0 Å². The number of amides is 1. The average Bonchev–Trinajstić information content (AvgIpc) is 3.34. The molecule has 0 radical (unpaired) electrons. The summed E-state index contributed by atoms with van der Waals surface area (Å²) in [5.41, 5.74) is 16.6. The summed E-state index contributed by atoms with van der Waals surface area (Å²) < 4.78 is 0. The Balaban J connectivity index is 1.47. The van der Waals surface area contributed by atoms with Gasteiger partial charge in [0, 0.05) is 29.6 Å². The number of likely N-dealkylation sites (N-methyl/N-ethyl adjacent to an activating group) is 1. The van der Waals surface area contributed by atoms with Gasteiger partial charge in [-0.1, -0.05) is 43.0 Å². The molecule has 35 heavy (non-hydrogen) atoms. The van der Waals surface area contributed by atoms with E-state index >= 15 is 0 Å². The van der Waals surface area contributed by atoms with Crippen molar-refractivity contribution in [2.75, 3.05) is 30.4 Å². The van der Waals surface area contributed by atoms with Gasteiger partial charge in [-0.3, -0.25) is 4.79 Å². The number of rotatable bonds is 8. The first-order valence-electron chi connectivity index (χ1n) is 11.8. The van der Waals surface area contributed by atoms with Gasteiger partial charge < -0.3 is 27.0 Å². The van der Waals surface area contributed by atoms with E-state index in [0.717, 1.165) is 52.0 Å². The number of carbonyl (C=O) groups is 1. The van der Waals surface area contributed by atoms with Crippen LogP contribution in [-0.2, 0) is 10.3 Å². The minimum absolute atomic E-state index is 0.292. The number of carbonyl (C=O) groups excluding carboxylic acids is 1. The molecule has 0 unspecified atom stereocenters. The molecule has 7 nitrogen and oxygen atoms in total. The zero-order chi connectivity index (χ0) is 25.2. The molecule has 0 spiro atoms. The van der Waals surface area contributed by atoms with Crippen molar-refractivity contribution in [1.29, 1.82) is 0 Å². The summed E-state index contributed by atoms with van der Waals surface area (Å²) in [4.78, 5) is 19.1. The molecule has 4 rings (SSSR count). The van der Waals surface area contributed by atoms with Crippen molar-refractivity contribution in [2.45, 2.75) is 37.8 Å². The Labute approximate surface area is 211 Å². The molecule has 6 N–H and O–H groups in total. The molecule has 0 aliphatic carbocycles. The normalized spacial score (nSPS) is 15.6. The van der Waals surface area contributed by atoms with Gasteiger partial charge >= 0.3 is 0 Å². The summed E-state index contributed by atoms with van der Waals surface area (Å²) in [6.45, 7) is 9.69. The summed E-state index contributed by atoms with van der Waals surface area (Å²) in [6, 6.07) is 16.4. The predicted molar refractivity (Wildman–Crippen MR) is 146 cm³/mol. The van der Waals surface area contributed by atoms with Crippen molar-refractivity contribution in [3.8, 4) is 10.6 Å². The van der Waals surface area contributed by atoms with Crippen molar-refractivity contribution in [1.82, 2.24) is 10.3 Å². The van der Waals surface area contributed by atoms with Gasteiger partial charge in [0.1, 0.15) is 10.5 Å². The quantitative estimate of drug-likeness (QED) is 0.378. The van der Waals surface area contributed by atoms with Crippen molar-refractivity contribution in [2.24, 2.45) is 11.5 Å². The summed E-state index contributed by atoms with van der Waals surface area (Å²) in [7, 11) is 1.80. The van der Waals surface area contributed by atoms with Gasteiger partial charge in [0.25, 0.3) is 0 Å². The number of anilines is 2. The molecule has 0 bridgehead atoms. The van der Waals surface area contributed by atoms with E-state index in [-0.39, 0.29) is 11.4 Å². The van der Waals surface area contributed by atoms with Gasteiger partial charge in [0.15, 0.2) is 0 Å². The van der Waals surface area contributed by atoms with Crippen LogP contribution in [0.2, 0.25) is 0 Å². The number of nitrogens with two attached hydrogens (primary N) is 2. The third-order valence-electron chi connectivity index (χ3n) is 6.79. The second-order valence-corrected chi connectivity index (χ2v) is 10.5. The zero-order valence-electron chi connectivity index (χ0n) is 20.6. The van der Waals surface area contributed by atoms with Gasteiger partial charge in [-0.15, -0.1) is 11.3 Å². The van der Waals surface area contributed by atoms with Crippen LogP contribution >= 0.6 is 11.3 Å². The molecule has 2 heterocycles. The Bertz CT molecular complexity index is 1200. The highest BCUT2D eigenvalue weighted by Gasteiger charge is 2.38. The van der Waals surface area contributed by atoms with Gasteiger partial charge in [-0.05, 0) is 51.4 Å². The van der Waals surface area contributed by atoms with Gasteiger partial charge in [0.2, 0.25) is 5.91 Å². The predicted octanol–water partition coefficient (Wildman–Crippen LogP) is 4.13. The molecular formula is C27H34N6OS. The third-order valence-corrected chi connectivity index (χ3v) is 7.68. The van der Waals surface area contributed by atoms with Crippen molar-refractivity contribution in [3.05, 3.63) is 71.7 Å². The molecule has 0 atom stereocenters. The lowest BCUT2D eigenvalue weighted by molar-refractivity contribution is -0.125. The molecule has 8 heteroatoms. The summed E-state index contributed by atoms with van der Waals surface area (Å²) in [5.74, 6) is -0.292. The molecule has 1 aromatic heterocycles. The monoisotopic (exact) mass is 490 g/mol. The molecule has 0 saturated carbocycles. The van der Waals surface area contributed by atoms with Crippen LogP contribution in [-0.4, -0.2) is 36.6 Å². The van der Waals surface area contributed by atoms with Crippen LogP contribution in [0.1, 0.15) is 37.9 Å². The third kappa shape index (κ3) is 5.24. The largest absolute Gasteiger partial charge is 0.370 e. The first-order valence-corrected chi connectivity index (χ1v) is 12.7. The fraction of sp³-hybridized carbons (Fsp3) is 0.333. The van der Waals surface area contributed by atoms with E-state index in [2.05, 4.69) is 52.4 Å². The lowest BCUT2D eigenvalue weighted by Crippen LogP contribution is -2.59. The number of hydrogen-bond acceptors (Lipinski definition) is 7. The van der Waals surface area contributed by atoms with E-state index in [0.29, 0.717) is 12.8 Å². The van der Waals surface area contributed by atoms with Crippen LogP contribution in [0.25, 0.3) is 16.3 Å². The maximum Gasteiger partial charge on any atom is 0.237 e. The first kappa shape index (κ1) is 24.9. The maximum absolute atomic E-state index is 12.0. The van der Waals surface area contributed by atoms with E-state index in [4.69, 9.17) is 16.5 Å². The molecule has 1 amide bonds. The summed E-state index contributed by atoms with van der Waals surface area (Å²) in [6.07, 6.45) is 1.31. The van der Waals surface area contributed by atoms with Crippen molar-refractivity contribution in [3.63, 3.8) is 0 Å². The number of thiazole rings is 1. The standard InChI is InChI=1S/C27H34N6OS/c1-18(22-17-35-24(32-22)19-9-11-20(12-10-19)26(2,3)29)31-21-7-5-6-8-23(21)33-15-13-27(30-4,14-16-33)25(28)34/h5-12,17,30-31H,1,13-16,29H2,2-4H3,(H2,28,34). The number of nitrogens with zero attached hydrogens (tertiary/aromatic N) is 2. The number of piperidine rings is 1. The van der Waals surface area contributed by atoms with Crippen LogP contribution in [0, 0.1) is 0 Å². The Hall–Kier alpha value is -3.20. The van der Waals surface area contributed by atoms with Gasteiger partial charge in [-0.25, -0.2) is 4.98 Å². The number of para-hydroxylation sites is 2.